The van der Waals surface area contributed by atoms with E-state index in [0.29, 0.717) is 6.54 Å². The first-order valence-corrected chi connectivity index (χ1v) is 8.33. The third-order valence-corrected chi connectivity index (χ3v) is 4.12. The van der Waals surface area contributed by atoms with Crippen LogP contribution < -0.4 is 10.6 Å². The molecule has 0 aliphatic rings. The molecule has 2 aromatic carbocycles. The van der Waals surface area contributed by atoms with E-state index in [4.69, 9.17) is 4.42 Å². The van der Waals surface area contributed by atoms with Crippen LogP contribution in [0.3, 0.4) is 0 Å². The predicted octanol–water partition coefficient (Wildman–Crippen LogP) is 4.49. The second-order valence-corrected chi connectivity index (χ2v) is 6.02. The van der Waals surface area contributed by atoms with Crippen LogP contribution in [-0.4, -0.2) is 6.03 Å². The van der Waals surface area contributed by atoms with Crippen LogP contribution >= 0.6 is 0 Å². The van der Waals surface area contributed by atoms with Crippen molar-refractivity contribution in [1.82, 2.24) is 10.6 Å². The Hall–Kier alpha value is -3.01. The van der Waals surface area contributed by atoms with Crippen molar-refractivity contribution in [3.05, 3.63) is 94.9 Å². The highest BCUT2D eigenvalue weighted by Crippen LogP contribution is 2.21. The minimum Gasteiger partial charge on any atom is -0.466 e. The van der Waals surface area contributed by atoms with Gasteiger partial charge in [0.15, 0.2) is 0 Å². The van der Waals surface area contributed by atoms with Gasteiger partial charge >= 0.3 is 6.03 Å². The van der Waals surface area contributed by atoms with Gasteiger partial charge in [-0.05, 0) is 31.0 Å². The number of hydrogen-bond acceptors (Lipinski definition) is 2. The molecule has 1 heterocycles. The quantitative estimate of drug-likeness (QED) is 0.722. The zero-order chi connectivity index (χ0) is 17.6. The fourth-order valence-electron chi connectivity index (χ4n) is 2.87. The molecular formula is C21H22N2O2. The summed E-state index contributed by atoms with van der Waals surface area (Å²) in [5, 5.41) is 5.98. The van der Waals surface area contributed by atoms with E-state index >= 15 is 0 Å². The van der Waals surface area contributed by atoms with Gasteiger partial charge in [-0.1, -0.05) is 60.7 Å². The highest BCUT2D eigenvalue weighted by atomic mass is 16.3. The fourth-order valence-corrected chi connectivity index (χ4v) is 2.87. The average molecular weight is 334 g/mol. The fraction of sp³-hybridized carbons (Fsp3) is 0.190. The second-order valence-electron chi connectivity index (χ2n) is 6.02. The number of benzene rings is 2. The average Bonchev–Trinajstić information content (AvgIpc) is 2.96. The van der Waals surface area contributed by atoms with E-state index < -0.39 is 0 Å². The molecule has 0 radical (unpaired) electrons. The molecule has 128 valence electrons. The molecule has 0 unspecified atom stereocenters. The van der Waals surface area contributed by atoms with E-state index in [0.717, 1.165) is 28.2 Å². The van der Waals surface area contributed by atoms with Gasteiger partial charge in [0.05, 0.1) is 6.04 Å². The molecule has 0 spiro atoms. The van der Waals surface area contributed by atoms with Crippen molar-refractivity contribution in [3.63, 3.8) is 0 Å². The van der Waals surface area contributed by atoms with Crippen LogP contribution in [0.5, 0.6) is 0 Å². The summed E-state index contributed by atoms with van der Waals surface area (Å²) in [6, 6.07) is 21.4. The number of aryl methyl sites for hydroxylation is 2. The van der Waals surface area contributed by atoms with Crippen LogP contribution in [0.2, 0.25) is 0 Å². The number of hydrogen-bond donors (Lipinski definition) is 2. The van der Waals surface area contributed by atoms with E-state index in [1.165, 1.54) is 0 Å². The molecule has 0 fully saturated rings. The second kappa shape index (κ2) is 7.71. The number of carbonyl (C=O) groups is 1. The largest absolute Gasteiger partial charge is 0.466 e. The Balaban J connectivity index is 1.72. The topological polar surface area (TPSA) is 54.3 Å². The normalized spacial score (nSPS) is 10.7. The van der Waals surface area contributed by atoms with E-state index in [9.17, 15) is 4.79 Å². The first-order chi connectivity index (χ1) is 12.1. The maximum Gasteiger partial charge on any atom is 0.315 e. The molecule has 4 heteroatoms. The number of amides is 2. The SMILES string of the molecule is Cc1cc(CNC(=O)NC(c2ccccc2)c2ccccc2)c(C)o1. The van der Waals surface area contributed by atoms with E-state index in [1.807, 2.05) is 80.6 Å². The molecule has 2 amide bonds. The Morgan fingerprint density at radius 3 is 2.00 bits per heavy atom. The molecule has 1 aromatic heterocycles. The molecule has 0 atom stereocenters. The van der Waals surface area contributed by atoms with Gasteiger partial charge in [-0.25, -0.2) is 4.79 Å². The van der Waals surface area contributed by atoms with E-state index in [-0.39, 0.29) is 12.1 Å². The van der Waals surface area contributed by atoms with Crippen LogP contribution in [0.1, 0.15) is 34.3 Å². The summed E-state index contributed by atoms with van der Waals surface area (Å²) in [4.78, 5) is 12.4. The Morgan fingerprint density at radius 1 is 0.960 bits per heavy atom. The number of urea groups is 1. The molecule has 3 aromatic rings. The van der Waals surface area contributed by atoms with Crippen LogP contribution in [-0.2, 0) is 6.54 Å². The lowest BCUT2D eigenvalue weighted by molar-refractivity contribution is 0.238. The van der Waals surface area contributed by atoms with Crippen molar-refractivity contribution in [2.75, 3.05) is 0 Å². The van der Waals surface area contributed by atoms with Gasteiger partial charge in [-0.3, -0.25) is 0 Å². The molecule has 0 aliphatic carbocycles. The Morgan fingerprint density at radius 2 is 1.52 bits per heavy atom. The van der Waals surface area contributed by atoms with Crippen molar-refractivity contribution < 1.29 is 9.21 Å². The zero-order valence-electron chi connectivity index (χ0n) is 14.5. The van der Waals surface area contributed by atoms with Crippen molar-refractivity contribution in [3.8, 4) is 0 Å². The molecular weight excluding hydrogens is 312 g/mol. The first-order valence-electron chi connectivity index (χ1n) is 8.33. The molecule has 4 nitrogen and oxygen atoms in total. The third-order valence-electron chi connectivity index (χ3n) is 4.12. The van der Waals surface area contributed by atoms with Gasteiger partial charge in [-0.15, -0.1) is 0 Å². The highest BCUT2D eigenvalue weighted by molar-refractivity contribution is 5.75. The predicted molar refractivity (Wildman–Crippen MR) is 98.3 cm³/mol. The Bertz CT molecular complexity index is 786. The summed E-state index contributed by atoms with van der Waals surface area (Å²) in [5.74, 6) is 1.68. The molecule has 2 N–H and O–H groups in total. The number of furan rings is 1. The van der Waals surface area contributed by atoms with Gasteiger partial charge in [0.2, 0.25) is 0 Å². The summed E-state index contributed by atoms with van der Waals surface area (Å²) in [6.07, 6.45) is 0. The third kappa shape index (κ3) is 4.29. The Kier molecular flexibility index (Phi) is 5.19. The van der Waals surface area contributed by atoms with Crippen LogP contribution in [0.15, 0.2) is 71.1 Å². The lowest BCUT2D eigenvalue weighted by atomic mass is 9.99. The van der Waals surface area contributed by atoms with Gasteiger partial charge < -0.3 is 15.1 Å². The van der Waals surface area contributed by atoms with E-state index in [1.54, 1.807) is 0 Å². The molecule has 0 bridgehead atoms. The molecule has 0 saturated carbocycles. The standard InChI is InChI=1S/C21H22N2O2/c1-15-13-19(16(2)25-15)14-22-21(24)23-20(17-9-5-3-6-10-17)18-11-7-4-8-12-18/h3-13,20H,14H2,1-2H3,(H2,22,23,24). The minimum absolute atomic E-state index is 0.199. The smallest absolute Gasteiger partial charge is 0.315 e. The summed E-state index contributed by atoms with van der Waals surface area (Å²) in [7, 11) is 0. The Labute approximate surface area is 147 Å². The van der Waals surface area contributed by atoms with Gasteiger partial charge in [0.1, 0.15) is 11.5 Å². The van der Waals surface area contributed by atoms with Crippen molar-refractivity contribution >= 4 is 6.03 Å². The van der Waals surface area contributed by atoms with Crippen LogP contribution in [0, 0.1) is 13.8 Å². The molecule has 0 aliphatic heterocycles. The molecule has 25 heavy (non-hydrogen) atoms. The maximum atomic E-state index is 12.4. The highest BCUT2D eigenvalue weighted by Gasteiger charge is 2.16. The van der Waals surface area contributed by atoms with Crippen molar-refractivity contribution in [1.29, 1.82) is 0 Å². The number of carbonyl (C=O) groups excluding carboxylic acids is 1. The summed E-state index contributed by atoms with van der Waals surface area (Å²) in [6.45, 7) is 4.24. The number of nitrogens with one attached hydrogen (secondary N) is 2. The first kappa shape index (κ1) is 16.8. The van der Waals surface area contributed by atoms with Crippen molar-refractivity contribution in [2.24, 2.45) is 0 Å². The lowest BCUT2D eigenvalue weighted by Gasteiger charge is -2.20. The van der Waals surface area contributed by atoms with Crippen LogP contribution in [0.25, 0.3) is 0 Å². The van der Waals surface area contributed by atoms with Gasteiger partial charge in [-0.2, -0.15) is 0 Å². The van der Waals surface area contributed by atoms with Gasteiger partial charge in [0, 0.05) is 12.1 Å². The van der Waals surface area contributed by atoms with E-state index in [2.05, 4.69) is 10.6 Å². The lowest BCUT2D eigenvalue weighted by Crippen LogP contribution is -2.38. The molecule has 0 saturated heterocycles. The van der Waals surface area contributed by atoms with Gasteiger partial charge in [0.25, 0.3) is 0 Å². The van der Waals surface area contributed by atoms with Crippen molar-refractivity contribution in [2.45, 2.75) is 26.4 Å². The number of rotatable bonds is 5. The zero-order valence-corrected chi connectivity index (χ0v) is 14.5. The molecule has 3 rings (SSSR count). The summed E-state index contributed by atoms with van der Waals surface area (Å²) in [5.41, 5.74) is 3.07. The van der Waals surface area contributed by atoms with Crippen LogP contribution in [0.4, 0.5) is 4.79 Å². The summed E-state index contributed by atoms with van der Waals surface area (Å²) >= 11 is 0. The minimum atomic E-state index is -0.212. The monoisotopic (exact) mass is 334 g/mol. The maximum absolute atomic E-state index is 12.4. The summed E-state index contributed by atoms with van der Waals surface area (Å²) < 4.78 is 5.49.